The van der Waals surface area contributed by atoms with Crippen molar-refractivity contribution in [1.29, 1.82) is 0 Å². The number of nitrogens with zero attached hydrogens (tertiary/aromatic N) is 3. The molecule has 0 atom stereocenters. The Labute approximate surface area is 255 Å². The van der Waals surface area contributed by atoms with Gasteiger partial charge in [-0.1, -0.05) is 91.0 Å². The molecule has 0 N–H and O–H groups in total. The minimum Gasteiger partial charge on any atom is -0.456 e. The number of aromatic nitrogens is 3. The summed E-state index contributed by atoms with van der Waals surface area (Å²) in [6.07, 6.45) is 0. The summed E-state index contributed by atoms with van der Waals surface area (Å²) in [6, 6.07) is 37.2. The van der Waals surface area contributed by atoms with Crippen LogP contribution in [0.25, 0.3) is 66.6 Å². The van der Waals surface area contributed by atoms with Crippen molar-refractivity contribution in [2.24, 2.45) is 0 Å². The first kappa shape index (κ1) is 26.8. The Balaban J connectivity index is 1.23. The predicted octanol–water partition coefficient (Wildman–Crippen LogP) is 8.22. The van der Waals surface area contributed by atoms with Crippen LogP contribution in [-0.2, 0) is 9.31 Å². The number of hydrogen-bond acceptors (Lipinski definition) is 6. The minimum absolute atomic E-state index is 0.454. The van der Waals surface area contributed by atoms with E-state index in [1.165, 1.54) is 0 Å². The summed E-state index contributed by atoms with van der Waals surface area (Å²) in [7, 11) is -0.716. The van der Waals surface area contributed by atoms with Crippen molar-refractivity contribution in [2.45, 2.75) is 38.9 Å². The summed E-state index contributed by atoms with van der Waals surface area (Å²) in [5.74, 6) is 1.13. The molecule has 1 fully saturated rings. The van der Waals surface area contributed by atoms with Gasteiger partial charge < -0.3 is 13.7 Å². The van der Waals surface area contributed by atoms with Crippen molar-refractivity contribution >= 4 is 45.6 Å². The minimum atomic E-state index is -0.716. The van der Waals surface area contributed by atoms with Crippen molar-refractivity contribution in [3.8, 4) is 33.9 Å². The molecular formula is C37H30BN3O3. The van der Waals surface area contributed by atoms with Gasteiger partial charge in [-0.3, -0.25) is 0 Å². The van der Waals surface area contributed by atoms with Gasteiger partial charge in [-0.05, 0) is 67.8 Å². The van der Waals surface area contributed by atoms with Crippen LogP contribution in [0, 0.1) is 0 Å². The molecule has 214 valence electrons. The summed E-state index contributed by atoms with van der Waals surface area (Å²) in [5, 5.41) is 4.49. The molecule has 8 rings (SSSR count). The van der Waals surface area contributed by atoms with Gasteiger partial charge in [0.1, 0.15) is 11.2 Å². The van der Waals surface area contributed by atoms with Crippen LogP contribution >= 0.6 is 0 Å². The maximum Gasteiger partial charge on any atom is 0.534 e. The second-order valence-corrected chi connectivity index (χ2v) is 12.3. The van der Waals surface area contributed by atoms with Crippen LogP contribution in [0.5, 0.6) is 0 Å². The third kappa shape index (κ3) is 4.39. The summed E-state index contributed by atoms with van der Waals surface area (Å²) in [6.45, 7) is 8.12. The lowest BCUT2D eigenvalue weighted by molar-refractivity contribution is 0.00578. The van der Waals surface area contributed by atoms with Gasteiger partial charge in [-0.25, -0.2) is 15.0 Å². The highest BCUT2D eigenvalue weighted by Gasteiger charge is 2.53. The van der Waals surface area contributed by atoms with Gasteiger partial charge in [0.15, 0.2) is 17.4 Å². The zero-order valence-electron chi connectivity index (χ0n) is 25.0. The maximum atomic E-state index is 6.36. The quantitative estimate of drug-likeness (QED) is 0.197. The van der Waals surface area contributed by atoms with E-state index in [-0.39, 0.29) is 0 Å². The van der Waals surface area contributed by atoms with E-state index in [0.29, 0.717) is 17.4 Å². The first-order valence-corrected chi connectivity index (χ1v) is 14.9. The Hall–Kier alpha value is -4.85. The maximum absolute atomic E-state index is 6.36. The molecule has 0 spiro atoms. The van der Waals surface area contributed by atoms with Crippen LogP contribution in [0.2, 0.25) is 0 Å². The number of benzene rings is 5. The second-order valence-electron chi connectivity index (χ2n) is 12.3. The molecule has 0 aliphatic carbocycles. The first-order chi connectivity index (χ1) is 21.3. The Kier molecular flexibility index (Phi) is 5.99. The zero-order valence-corrected chi connectivity index (χ0v) is 25.0. The van der Waals surface area contributed by atoms with E-state index < -0.39 is 18.3 Å². The van der Waals surface area contributed by atoms with Crippen LogP contribution in [0.15, 0.2) is 114 Å². The number of hydrogen-bond donors (Lipinski definition) is 0. The standard InChI is InChI=1S/C37H30BN3O3/c1-36(2)37(3,4)44-38(43-36)35-40-33(39-34(41-35)27-21-16-23-10-5-6-11-26(23)22-27)25-19-17-24(18-20-25)28-13-9-15-31-32(28)29-12-7-8-14-30(29)42-31/h5-22H,1-4H3. The Morgan fingerprint density at radius 2 is 1.16 bits per heavy atom. The highest BCUT2D eigenvalue weighted by atomic mass is 16.7. The smallest absolute Gasteiger partial charge is 0.456 e. The molecular weight excluding hydrogens is 545 g/mol. The molecule has 0 unspecified atom stereocenters. The fraction of sp³-hybridized carbons (Fsp3) is 0.162. The van der Waals surface area contributed by atoms with Gasteiger partial charge in [-0.15, -0.1) is 0 Å². The fourth-order valence-electron chi connectivity index (χ4n) is 5.85. The van der Waals surface area contributed by atoms with Crippen molar-refractivity contribution in [1.82, 2.24) is 15.0 Å². The van der Waals surface area contributed by atoms with Crippen molar-refractivity contribution in [2.75, 3.05) is 0 Å². The molecule has 7 aromatic rings. The van der Waals surface area contributed by atoms with E-state index in [0.717, 1.165) is 55.0 Å². The molecule has 1 saturated heterocycles. The van der Waals surface area contributed by atoms with Gasteiger partial charge in [0.25, 0.3) is 0 Å². The SMILES string of the molecule is CC1(C)OB(c2nc(-c3ccc(-c4cccc5oc6ccccc6c45)cc3)nc(-c3ccc4ccccc4c3)n2)OC1(C)C. The zero-order chi connectivity index (χ0) is 30.1. The first-order valence-electron chi connectivity index (χ1n) is 14.9. The van der Waals surface area contributed by atoms with Crippen molar-refractivity contribution in [3.63, 3.8) is 0 Å². The monoisotopic (exact) mass is 575 g/mol. The van der Waals surface area contributed by atoms with E-state index in [1.54, 1.807) is 0 Å². The van der Waals surface area contributed by atoms with Gasteiger partial charge in [-0.2, -0.15) is 0 Å². The normalized spacial score (nSPS) is 15.9. The van der Waals surface area contributed by atoms with E-state index in [2.05, 4.69) is 66.7 Å². The molecule has 0 bridgehead atoms. The summed E-state index contributed by atoms with van der Waals surface area (Å²) in [4.78, 5) is 14.8. The Morgan fingerprint density at radius 1 is 0.545 bits per heavy atom. The van der Waals surface area contributed by atoms with Crippen LogP contribution in [0.3, 0.4) is 0 Å². The van der Waals surface area contributed by atoms with E-state index >= 15 is 0 Å². The largest absolute Gasteiger partial charge is 0.534 e. The van der Waals surface area contributed by atoms with Crippen LogP contribution in [0.4, 0.5) is 0 Å². The van der Waals surface area contributed by atoms with Crippen LogP contribution < -0.4 is 5.72 Å². The van der Waals surface area contributed by atoms with Gasteiger partial charge in [0.2, 0.25) is 0 Å². The Bertz CT molecular complexity index is 2190. The molecule has 44 heavy (non-hydrogen) atoms. The fourth-order valence-corrected chi connectivity index (χ4v) is 5.85. The highest BCUT2D eigenvalue weighted by Crippen LogP contribution is 2.38. The number of furan rings is 1. The summed E-state index contributed by atoms with van der Waals surface area (Å²) in [5.41, 5.74) is 5.15. The number of fused-ring (bicyclic) bond motifs is 4. The lowest BCUT2D eigenvalue weighted by atomic mass is 9.88. The van der Waals surface area contributed by atoms with Crippen LogP contribution in [0.1, 0.15) is 27.7 Å². The molecule has 1 aliphatic rings. The van der Waals surface area contributed by atoms with Crippen molar-refractivity contribution in [3.05, 3.63) is 109 Å². The lowest BCUT2D eigenvalue weighted by Crippen LogP contribution is -2.41. The summed E-state index contributed by atoms with van der Waals surface area (Å²) < 4.78 is 18.9. The van der Waals surface area contributed by atoms with E-state index in [4.69, 9.17) is 28.7 Å². The number of rotatable bonds is 4. The van der Waals surface area contributed by atoms with Gasteiger partial charge >= 0.3 is 7.12 Å². The second kappa shape index (κ2) is 9.84. The molecule has 0 amide bonds. The molecule has 3 heterocycles. The molecule has 0 radical (unpaired) electrons. The van der Waals surface area contributed by atoms with E-state index in [1.807, 2.05) is 70.2 Å². The predicted molar refractivity (Wildman–Crippen MR) is 177 cm³/mol. The van der Waals surface area contributed by atoms with E-state index in [9.17, 15) is 0 Å². The Morgan fingerprint density at radius 3 is 1.93 bits per heavy atom. The highest BCUT2D eigenvalue weighted by molar-refractivity contribution is 6.60. The third-order valence-electron chi connectivity index (χ3n) is 8.98. The van der Waals surface area contributed by atoms with Crippen molar-refractivity contribution < 1.29 is 13.7 Å². The van der Waals surface area contributed by atoms with Gasteiger partial charge in [0, 0.05) is 21.9 Å². The average molecular weight is 575 g/mol. The molecule has 5 aromatic carbocycles. The molecule has 0 saturated carbocycles. The molecule has 6 nitrogen and oxygen atoms in total. The van der Waals surface area contributed by atoms with Gasteiger partial charge in [0.05, 0.1) is 11.2 Å². The number of para-hydroxylation sites is 1. The molecule has 1 aliphatic heterocycles. The molecule has 7 heteroatoms. The topological polar surface area (TPSA) is 70.3 Å². The average Bonchev–Trinajstić information content (AvgIpc) is 3.53. The molecule has 2 aromatic heterocycles. The third-order valence-corrected chi connectivity index (χ3v) is 8.98. The summed E-state index contributed by atoms with van der Waals surface area (Å²) >= 11 is 0. The van der Waals surface area contributed by atoms with Crippen LogP contribution in [-0.4, -0.2) is 33.3 Å². The lowest BCUT2D eigenvalue weighted by Gasteiger charge is -2.32.